The van der Waals surface area contributed by atoms with Gasteiger partial charge in [0.15, 0.2) is 0 Å². The van der Waals surface area contributed by atoms with Crippen LogP contribution < -0.4 is 4.74 Å². The molecule has 1 aromatic rings. The van der Waals surface area contributed by atoms with Crippen LogP contribution in [0.4, 0.5) is 13.2 Å². The Morgan fingerprint density at radius 1 is 1.09 bits per heavy atom. The normalized spacial score (nSPS) is 12.4. The lowest BCUT2D eigenvalue weighted by atomic mass is 10.1. The van der Waals surface area contributed by atoms with E-state index in [-0.39, 0.29) is 5.75 Å². The Hall–Kier alpha value is -0.930. The summed E-state index contributed by atoms with van der Waals surface area (Å²) in [6, 6.07) is 7.63. The summed E-state index contributed by atoms with van der Waals surface area (Å²) in [5.41, 5.74) is -4.22. The van der Waals surface area contributed by atoms with Crippen LogP contribution in [0.1, 0.15) is 24.8 Å². The molecule has 0 N–H and O–H groups in total. The predicted molar refractivity (Wildman–Crippen MR) is 79.1 cm³/mol. The minimum atomic E-state index is -5.49. The first kappa shape index (κ1) is 19.1. The summed E-state index contributed by atoms with van der Waals surface area (Å²) in [5, 5.41) is 0. The molecule has 22 heavy (non-hydrogen) atoms. The molecule has 0 bridgehead atoms. The second-order valence-electron chi connectivity index (χ2n) is 4.45. The Labute approximate surface area is 132 Å². The fourth-order valence-electron chi connectivity index (χ4n) is 1.60. The van der Waals surface area contributed by atoms with Gasteiger partial charge in [-0.2, -0.15) is 25.2 Å². The molecule has 0 amide bonds. The molecule has 126 valence electrons. The fraction of sp³-hybridized carbons (Fsp3) is 0.538. The van der Waals surface area contributed by atoms with E-state index in [2.05, 4.69) is 3.63 Å². The molecule has 9 heteroatoms. The summed E-state index contributed by atoms with van der Waals surface area (Å²) in [5.74, 6) is 0.973. The number of methoxy groups -OCH3 is 1. The van der Waals surface area contributed by atoms with Crippen molar-refractivity contribution in [3.63, 3.8) is 0 Å². The van der Waals surface area contributed by atoms with Crippen molar-refractivity contribution in [2.75, 3.05) is 12.9 Å². The lowest BCUT2D eigenvalue weighted by Crippen LogP contribution is -2.23. The second-order valence-corrected chi connectivity index (χ2v) is 7.01. The van der Waals surface area contributed by atoms with Crippen molar-refractivity contribution in [1.29, 1.82) is 0 Å². The smallest absolute Gasteiger partial charge is 0.497 e. The van der Waals surface area contributed by atoms with Crippen molar-refractivity contribution in [3.8, 4) is 5.75 Å². The number of hydrogen-bond acceptors (Lipinski definition) is 5. The van der Waals surface area contributed by atoms with Gasteiger partial charge in [-0.15, -0.1) is 0 Å². The van der Waals surface area contributed by atoms with E-state index in [1.165, 1.54) is 0 Å². The molecule has 0 saturated carbocycles. The Bertz CT molecular complexity index is 541. The van der Waals surface area contributed by atoms with E-state index in [4.69, 9.17) is 4.74 Å². The molecule has 0 unspecified atom stereocenters. The van der Waals surface area contributed by atoms with Crippen molar-refractivity contribution in [2.45, 2.75) is 31.2 Å². The van der Waals surface area contributed by atoms with Crippen LogP contribution in [0.5, 0.6) is 5.75 Å². The number of benzene rings is 1. The molecule has 0 radical (unpaired) electrons. The molecule has 0 aliphatic carbocycles. The van der Waals surface area contributed by atoms with Crippen LogP contribution >= 0.6 is 12.0 Å². The topological polar surface area (TPSA) is 52.6 Å². The third-order valence-corrected chi connectivity index (χ3v) is 4.90. The van der Waals surface area contributed by atoms with Gasteiger partial charge in [-0.1, -0.05) is 18.6 Å². The lowest BCUT2D eigenvalue weighted by Gasteiger charge is -2.07. The number of hydrogen-bond donors (Lipinski definition) is 0. The van der Waals surface area contributed by atoms with Crippen molar-refractivity contribution in [1.82, 2.24) is 0 Å². The minimum Gasteiger partial charge on any atom is -0.497 e. The van der Waals surface area contributed by atoms with Gasteiger partial charge in [0.2, 0.25) is 0 Å². The van der Waals surface area contributed by atoms with Crippen molar-refractivity contribution in [2.24, 2.45) is 0 Å². The minimum absolute atomic E-state index is 0.192. The molecule has 0 atom stereocenters. The Morgan fingerprint density at radius 3 is 2.27 bits per heavy atom. The number of rotatable bonds is 9. The van der Waals surface area contributed by atoms with Crippen LogP contribution in [-0.2, 0) is 20.2 Å². The third-order valence-electron chi connectivity index (χ3n) is 2.77. The van der Waals surface area contributed by atoms with E-state index in [0.29, 0.717) is 18.5 Å². The summed E-state index contributed by atoms with van der Waals surface area (Å²) in [4.78, 5) is 0. The van der Waals surface area contributed by atoms with Gasteiger partial charge in [0, 0.05) is 17.8 Å². The van der Waals surface area contributed by atoms with Gasteiger partial charge < -0.3 is 4.74 Å². The maximum atomic E-state index is 12.0. The largest absolute Gasteiger partial charge is 0.524 e. The van der Waals surface area contributed by atoms with Gasteiger partial charge in [-0.05, 0) is 37.0 Å². The molecule has 0 aromatic heterocycles. The van der Waals surface area contributed by atoms with Crippen LogP contribution in [0.15, 0.2) is 24.3 Å². The lowest BCUT2D eigenvalue weighted by molar-refractivity contribution is -0.0494. The highest BCUT2D eigenvalue weighted by Gasteiger charge is 2.47. The number of alkyl halides is 3. The SMILES string of the molecule is COc1ccc(CCCCCSOS(=O)(=O)C(F)(F)F)cc1. The van der Waals surface area contributed by atoms with Crippen LogP contribution in [0.2, 0.25) is 0 Å². The molecule has 0 fully saturated rings. The highest BCUT2D eigenvalue weighted by molar-refractivity contribution is 8.04. The maximum Gasteiger partial charge on any atom is 0.524 e. The Morgan fingerprint density at radius 2 is 1.73 bits per heavy atom. The zero-order valence-electron chi connectivity index (χ0n) is 11.9. The maximum absolute atomic E-state index is 12.0. The summed E-state index contributed by atoms with van der Waals surface area (Å²) in [6.45, 7) is 0. The van der Waals surface area contributed by atoms with Gasteiger partial charge in [0.05, 0.1) is 7.11 Å². The second kappa shape index (κ2) is 8.64. The van der Waals surface area contributed by atoms with E-state index >= 15 is 0 Å². The summed E-state index contributed by atoms with van der Waals surface area (Å²) >= 11 is 0.314. The molecule has 1 rings (SSSR count). The van der Waals surface area contributed by atoms with Gasteiger partial charge in [-0.3, -0.25) is 0 Å². The molecule has 0 heterocycles. The molecule has 0 spiro atoms. The summed E-state index contributed by atoms with van der Waals surface area (Å²) < 4.78 is 66.0. The first-order chi connectivity index (χ1) is 10.3. The van der Waals surface area contributed by atoms with E-state index in [9.17, 15) is 21.6 Å². The van der Waals surface area contributed by atoms with E-state index in [0.717, 1.165) is 30.6 Å². The van der Waals surface area contributed by atoms with Gasteiger partial charge in [0.1, 0.15) is 5.75 Å². The molecular formula is C13H17F3O4S2. The monoisotopic (exact) mass is 358 g/mol. The average Bonchev–Trinajstić information content (AvgIpc) is 2.45. The Balaban J connectivity index is 2.13. The average molecular weight is 358 g/mol. The fourth-order valence-corrected chi connectivity index (χ4v) is 3.00. The molecule has 0 saturated heterocycles. The van der Waals surface area contributed by atoms with Crippen molar-refractivity contribution in [3.05, 3.63) is 29.8 Å². The molecular weight excluding hydrogens is 341 g/mol. The molecule has 0 aliphatic rings. The zero-order chi connectivity index (χ0) is 16.6. The van der Waals surface area contributed by atoms with E-state index in [1.54, 1.807) is 7.11 Å². The predicted octanol–water partition coefficient (Wildman–Crippen LogP) is 3.92. The first-order valence-corrected chi connectivity index (χ1v) is 8.83. The van der Waals surface area contributed by atoms with Crippen LogP contribution in [0.3, 0.4) is 0 Å². The quantitative estimate of drug-likeness (QED) is 0.380. The zero-order valence-corrected chi connectivity index (χ0v) is 13.6. The van der Waals surface area contributed by atoms with Crippen molar-refractivity contribution >= 4 is 22.2 Å². The third kappa shape index (κ3) is 6.45. The highest BCUT2D eigenvalue weighted by atomic mass is 32.3. The molecule has 0 aliphatic heterocycles. The number of unbranched alkanes of at least 4 members (excludes halogenated alkanes) is 2. The van der Waals surface area contributed by atoms with E-state index in [1.807, 2.05) is 24.3 Å². The van der Waals surface area contributed by atoms with E-state index < -0.39 is 15.6 Å². The number of ether oxygens (including phenoxy) is 1. The number of aryl methyl sites for hydroxylation is 1. The van der Waals surface area contributed by atoms with Crippen LogP contribution in [0.25, 0.3) is 0 Å². The Kier molecular flexibility index (Phi) is 7.51. The standard InChI is InChI=1S/C13H17F3O4S2/c1-19-12-8-6-11(7-9-12)5-3-2-4-10-21-20-22(17,18)13(14,15)16/h6-9H,2-5,10H2,1H3. The van der Waals surface area contributed by atoms with Gasteiger partial charge in [-0.25, -0.2) is 0 Å². The van der Waals surface area contributed by atoms with Crippen LogP contribution in [-0.4, -0.2) is 26.8 Å². The van der Waals surface area contributed by atoms with Crippen molar-refractivity contribution < 1.29 is 30.0 Å². The highest BCUT2D eigenvalue weighted by Crippen LogP contribution is 2.28. The van der Waals surface area contributed by atoms with Crippen LogP contribution in [0, 0.1) is 0 Å². The first-order valence-electron chi connectivity index (χ1n) is 6.51. The summed E-state index contributed by atoms with van der Waals surface area (Å²) in [7, 11) is -3.90. The molecule has 4 nitrogen and oxygen atoms in total. The van der Waals surface area contributed by atoms with Gasteiger partial charge in [0.25, 0.3) is 0 Å². The summed E-state index contributed by atoms with van der Waals surface area (Å²) in [6.07, 6.45) is 3.05. The van der Waals surface area contributed by atoms with Gasteiger partial charge >= 0.3 is 15.6 Å². The number of halogens is 3. The molecule has 1 aromatic carbocycles.